The summed E-state index contributed by atoms with van der Waals surface area (Å²) in [7, 11) is 0. The quantitative estimate of drug-likeness (QED) is 0.156. The van der Waals surface area contributed by atoms with Crippen molar-refractivity contribution < 1.29 is 13.9 Å². The molecule has 0 bridgehead atoms. The topological polar surface area (TPSA) is 39.5 Å². The molecule has 0 aliphatic carbocycles. The lowest BCUT2D eigenvalue weighted by molar-refractivity contribution is 0.174. The third-order valence-electron chi connectivity index (χ3n) is 7.51. The Morgan fingerprint density at radius 2 is 1.57 bits per heavy atom. The van der Waals surface area contributed by atoms with E-state index < -0.39 is 0 Å². The SMILES string of the molecule is CCCCn1c(-c2ccccc2)nc(-c2ccccc2)c1CN(Cc1ccc2c(c1)OCO2)Cc1ccc(F)cc1Cl. The van der Waals surface area contributed by atoms with Crippen molar-refractivity contribution in [3.8, 4) is 34.1 Å². The summed E-state index contributed by atoms with van der Waals surface area (Å²) in [5.41, 5.74) is 6.20. The van der Waals surface area contributed by atoms with Crippen LogP contribution in [-0.2, 0) is 26.2 Å². The zero-order chi connectivity index (χ0) is 28.9. The van der Waals surface area contributed by atoms with Crippen LogP contribution in [-0.4, -0.2) is 21.2 Å². The first-order chi connectivity index (χ1) is 20.6. The van der Waals surface area contributed by atoms with Gasteiger partial charge in [-0.2, -0.15) is 0 Å². The van der Waals surface area contributed by atoms with E-state index in [-0.39, 0.29) is 12.6 Å². The normalized spacial score (nSPS) is 12.3. The van der Waals surface area contributed by atoms with E-state index in [4.69, 9.17) is 26.1 Å². The van der Waals surface area contributed by atoms with Gasteiger partial charge < -0.3 is 14.0 Å². The second-order valence-electron chi connectivity index (χ2n) is 10.5. The van der Waals surface area contributed by atoms with Crippen LogP contribution >= 0.6 is 11.6 Å². The van der Waals surface area contributed by atoms with Gasteiger partial charge in [0.05, 0.1) is 11.4 Å². The van der Waals surface area contributed by atoms with Crippen molar-refractivity contribution in [2.45, 2.75) is 45.9 Å². The van der Waals surface area contributed by atoms with Crippen LogP contribution in [0, 0.1) is 5.82 Å². The first kappa shape index (κ1) is 28.0. The maximum absolute atomic E-state index is 13.9. The molecule has 0 radical (unpaired) electrons. The Balaban J connectivity index is 1.45. The second kappa shape index (κ2) is 12.8. The van der Waals surface area contributed by atoms with Crippen molar-refractivity contribution in [1.29, 1.82) is 0 Å². The second-order valence-corrected chi connectivity index (χ2v) is 10.9. The summed E-state index contributed by atoms with van der Waals surface area (Å²) in [4.78, 5) is 7.60. The molecule has 4 aromatic carbocycles. The molecule has 0 atom stereocenters. The van der Waals surface area contributed by atoms with Crippen molar-refractivity contribution in [2.24, 2.45) is 0 Å². The van der Waals surface area contributed by atoms with Gasteiger partial charge >= 0.3 is 0 Å². The minimum atomic E-state index is -0.345. The van der Waals surface area contributed by atoms with E-state index in [1.54, 1.807) is 6.07 Å². The Hall–Kier alpha value is -4.13. The third-order valence-corrected chi connectivity index (χ3v) is 7.86. The predicted octanol–water partition coefficient (Wildman–Crippen LogP) is 8.74. The van der Waals surface area contributed by atoms with Crippen LogP contribution in [0.1, 0.15) is 36.6 Å². The van der Waals surface area contributed by atoms with Crippen LogP contribution in [0.25, 0.3) is 22.6 Å². The first-order valence-corrected chi connectivity index (χ1v) is 14.7. The van der Waals surface area contributed by atoms with Gasteiger partial charge in [0.2, 0.25) is 6.79 Å². The lowest BCUT2D eigenvalue weighted by atomic mass is 10.1. The average Bonchev–Trinajstić information content (AvgIpc) is 3.62. The van der Waals surface area contributed by atoms with Gasteiger partial charge in [-0.05, 0) is 41.8 Å². The number of hydrogen-bond acceptors (Lipinski definition) is 4. The van der Waals surface area contributed by atoms with Gasteiger partial charge in [-0.3, -0.25) is 4.90 Å². The summed E-state index contributed by atoms with van der Waals surface area (Å²) in [6, 6.07) is 31.4. The van der Waals surface area contributed by atoms with Crippen molar-refractivity contribution >= 4 is 11.6 Å². The van der Waals surface area contributed by atoms with Crippen molar-refractivity contribution in [2.75, 3.05) is 6.79 Å². The van der Waals surface area contributed by atoms with Crippen molar-refractivity contribution in [1.82, 2.24) is 14.5 Å². The molecular weight excluding hydrogens is 549 g/mol. The van der Waals surface area contributed by atoms with Crippen molar-refractivity contribution in [3.05, 3.63) is 125 Å². The molecule has 5 aromatic rings. The maximum atomic E-state index is 13.9. The standard InChI is InChI=1S/C35H33ClFN3O2/c1-2-3-18-40-31(34(26-10-6-4-7-11-26)38-35(40)27-12-8-5-9-13-27)23-39(22-28-15-16-29(37)20-30(28)36)21-25-14-17-32-33(19-25)42-24-41-32/h4-17,19-20H,2-3,18,21-24H2,1H3. The minimum absolute atomic E-state index is 0.229. The summed E-state index contributed by atoms with van der Waals surface area (Å²) in [5, 5.41) is 0.415. The van der Waals surface area contributed by atoms with Gasteiger partial charge in [-0.15, -0.1) is 0 Å². The molecule has 0 fully saturated rings. The van der Waals surface area contributed by atoms with Crippen LogP contribution in [0.4, 0.5) is 4.39 Å². The summed E-state index contributed by atoms with van der Waals surface area (Å²) >= 11 is 6.55. The van der Waals surface area contributed by atoms with Gasteiger partial charge in [-0.25, -0.2) is 9.37 Å². The minimum Gasteiger partial charge on any atom is -0.454 e. The van der Waals surface area contributed by atoms with E-state index in [0.29, 0.717) is 24.7 Å². The van der Waals surface area contributed by atoms with Crippen LogP contribution in [0.3, 0.4) is 0 Å². The highest BCUT2D eigenvalue weighted by molar-refractivity contribution is 6.31. The largest absolute Gasteiger partial charge is 0.454 e. The Bertz CT molecular complexity index is 1660. The van der Waals surface area contributed by atoms with Crippen molar-refractivity contribution in [3.63, 3.8) is 0 Å². The molecule has 42 heavy (non-hydrogen) atoms. The number of imidazole rings is 1. The van der Waals surface area contributed by atoms with Crippen LogP contribution in [0.15, 0.2) is 97.1 Å². The Morgan fingerprint density at radius 1 is 0.833 bits per heavy atom. The van der Waals surface area contributed by atoms with E-state index in [9.17, 15) is 4.39 Å². The molecule has 214 valence electrons. The van der Waals surface area contributed by atoms with Crippen LogP contribution < -0.4 is 9.47 Å². The number of rotatable bonds is 11. The third kappa shape index (κ3) is 6.20. The number of hydrogen-bond donors (Lipinski definition) is 0. The smallest absolute Gasteiger partial charge is 0.231 e. The Kier molecular flexibility index (Phi) is 8.54. The van der Waals surface area contributed by atoms with E-state index in [2.05, 4.69) is 71.0 Å². The monoisotopic (exact) mass is 581 g/mol. The highest BCUT2D eigenvalue weighted by Crippen LogP contribution is 2.35. The zero-order valence-corrected chi connectivity index (χ0v) is 24.4. The molecule has 0 saturated heterocycles. The molecule has 1 aliphatic rings. The molecule has 6 rings (SSSR count). The number of nitrogens with zero attached hydrogens (tertiary/aromatic N) is 3. The number of fused-ring (bicyclic) bond motifs is 1. The fourth-order valence-corrected chi connectivity index (χ4v) is 5.63. The molecule has 7 heteroatoms. The maximum Gasteiger partial charge on any atom is 0.231 e. The average molecular weight is 582 g/mol. The zero-order valence-electron chi connectivity index (χ0n) is 23.6. The fourth-order valence-electron chi connectivity index (χ4n) is 5.41. The lowest BCUT2D eigenvalue weighted by Gasteiger charge is -2.25. The summed E-state index contributed by atoms with van der Waals surface area (Å²) < 4.78 is 27.5. The summed E-state index contributed by atoms with van der Waals surface area (Å²) in [5.74, 6) is 2.11. The fraction of sp³-hybridized carbons (Fsp3) is 0.229. The number of unbranched alkanes of at least 4 members (excludes halogenated alkanes) is 1. The van der Waals surface area contributed by atoms with Crippen LogP contribution in [0.2, 0.25) is 5.02 Å². The highest BCUT2D eigenvalue weighted by Gasteiger charge is 2.23. The number of halogens is 2. The molecule has 0 N–H and O–H groups in total. The van der Waals surface area contributed by atoms with E-state index in [1.807, 2.05) is 24.3 Å². The predicted molar refractivity (Wildman–Crippen MR) is 165 cm³/mol. The number of ether oxygens (including phenoxy) is 2. The molecule has 1 aliphatic heterocycles. The van der Waals surface area contributed by atoms with Gasteiger partial charge in [0.1, 0.15) is 11.6 Å². The lowest BCUT2D eigenvalue weighted by Crippen LogP contribution is -2.25. The number of aromatic nitrogens is 2. The van der Waals surface area contributed by atoms with Gasteiger partial charge in [0.25, 0.3) is 0 Å². The molecule has 0 unspecified atom stereocenters. The molecule has 0 saturated carbocycles. The molecular formula is C35H33ClFN3O2. The molecule has 2 heterocycles. The van der Waals surface area contributed by atoms with Crippen LogP contribution in [0.5, 0.6) is 11.5 Å². The highest BCUT2D eigenvalue weighted by atomic mass is 35.5. The van der Waals surface area contributed by atoms with E-state index in [1.165, 1.54) is 12.1 Å². The van der Waals surface area contributed by atoms with Gasteiger partial charge in [0.15, 0.2) is 11.5 Å². The Morgan fingerprint density at radius 3 is 2.31 bits per heavy atom. The Labute approximate surface area is 251 Å². The molecule has 5 nitrogen and oxygen atoms in total. The van der Waals surface area contributed by atoms with Gasteiger partial charge in [0, 0.05) is 42.3 Å². The molecule has 0 spiro atoms. The summed E-state index contributed by atoms with van der Waals surface area (Å²) in [6.07, 6.45) is 2.10. The van der Waals surface area contributed by atoms with Gasteiger partial charge in [-0.1, -0.05) is 97.7 Å². The summed E-state index contributed by atoms with van der Waals surface area (Å²) in [6.45, 7) is 5.05. The number of benzene rings is 4. The van der Waals surface area contributed by atoms with E-state index in [0.717, 1.165) is 70.4 Å². The molecule has 1 aromatic heterocycles. The molecule has 0 amide bonds. The first-order valence-electron chi connectivity index (χ1n) is 14.3. The van der Waals surface area contributed by atoms with E-state index >= 15 is 0 Å².